The van der Waals surface area contributed by atoms with E-state index in [-0.39, 0.29) is 24.3 Å². The molecule has 4 rings (SSSR count). The lowest BCUT2D eigenvalue weighted by atomic mass is 10.1. The number of nitrogens with zero attached hydrogens (tertiary/aromatic N) is 2. The van der Waals surface area contributed by atoms with Crippen LogP contribution in [0.1, 0.15) is 24.8 Å². The first-order valence-electron chi connectivity index (χ1n) is 9.07. The van der Waals surface area contributed by atoms with Crippen LogP contribution in [-0.4, -0.2) is 24.1 Å². The second-order valence-electron chi connectivity index (χ2n) is 6.92. The van der Waals surface area contributed by atoms with Gasteiger partial charge in [0, 0.05) is 16.4 Å². The summed E-state index contributed by atoms with van der Waals surface area (Å²) in [5.74, 6) is -0.530. The number of aliphatic imine (C=N–C) groups is 1. The minimum absolute atomic E-state index is 0.0471. The van der Waals surface area contributed by atoms with Crippen LogP contribution in [0.3, 0.4) is 0 Å². The van der Waals surface area contributed by atoms with Crippen molar-refractivity contribution in [2.75, 3.05) is 16.8 Å². The summed E-state index contributed by atoms with van der Waals surface area (Å²) in [5.41, 5.74) is 3.82. The average molecular weight is 382 g/mol. The molecular formula is C21H20ClN3O2. The van der Waals surface area contributed by atoms with Crippen LogP contribution in [0.4, 0.5) is 17.1 Å². The topological polar surface area (TPSA) is 61.8 Å². The lowest BCUT2D eigenvalue weighted by Gasteiger charge is -2.24. The zero-order valence-electron chi connectivity index (χ0n) is 15.0. The van der Waals surface area contributed by atoms with Gasteiger partial charge in [-0.2, -0.15) is 0 Å². The van der Waals surface area contributed by atoms with E-state index in [1.807, 2.05) is 31.2 Å². The Bertz CT molecular complexity index is 954. The smallest absolute Gasteiger partial charge is 0.244 e. The van der Waals surface area contributed by atoms with Crippen molar-refractivity contribution < 1.29 is 9.59 Å². The number of para-hydroxylation sites is 2. The molecule has 0 unspecified atom stereocenters. The second-order valence-corrected chi connectivity index (χ2v) is 7.33. The number of anilines is 2. The van der Waals surface area contributed by atoms with Crippen LogP contribution in [-0.2, 0) is 9.59 Å². The van der Waals surface area contributed by atoms with Crippen LogP contribution >= 0.6 is 11.6 Å². The molecule has 27 heavy (non-hydrogen) atoms. The summed E-state index contributed by atoms with van der Waals surface area (Å²) in [6.45, 7) is 1.80. The molecule has 138 valence electrons. The highest BCUT2D eigenvalue weighted by atomic mass is 35.5. The molecule has 5 nitrogen and oxygen atoms in total. The molecule has 1 N–H and O–H groups in total. The molecule has 0 saturated heterocycles. The molecule has 1 atom stereocenters. The molecular weight excluding hydrogens is 362 g/mol. The Morgan fingerprint density at radius 2 is 2.07 bits per heavy atom. The van der Waals surface area contributed by atoms with Gasteiger partial charge in [-0.25, -0.2) is 0 Å². The summed E-state index contributed by atoms with van der Waals surface area (Å²) in [6, 6.07) is 12.9. The van der Waals surface area contributed by atoms with Crippen LogP contribution in [0.25, 0.3) is 0 Å². The molecule has 0 radical (unpaired) electrons. The van der Waals surface area contributed by atoms with Crippen molar-refractivity contribution in [2.45, 2.75) is 26.2 Å². The fourth-order valence-corrected chi connectivity index (χ4v) is 3.89. The molecule has 2 aliphatic rings. The van der Waals surface area contributed by atoms with E-state index in [9.17, 15) is 9.59 Å². The first-order chi connectivity index (χ1) is 13.0. The van der Waals surface area contributed by atoms with Crippen LogP contribution in [0.5, 0.6) is 0 Å². The third kappa shape index (κ3) is 3.35. The van der Waals surface area contributed by atoms with Crippen molar-refractivity contribution in [3.8, 4) is 0 Å². The van der Waals surface area contributed by atoms with Crippen LogP contribution < -0.4 is 10.2 Å². The molecule has 0 spiro atoms. The molecule has 1 aliphatic carbocycles. The Morgan fingerprint density at radius 3 is 2.93 bits per heavy atom. The molecule has 1 aliphatic heterocycles. The monoisotopic (exact) mass is 381 g/mol. The Balaban J connectivity index is 1.62. The van der Waals surface area contributed by atoms with E-state index in [1.165, 1.54) is 0 Å². The Kier molecular flexibility index (Phi) is 4.70. The molecule has 0 bridgehead atoms. The number of nitrogens with one attached hydrogen (secondary N) is 1. The van der Waals surface area contributed by atoms with Gasteiger partial charge in [0.2, 0.25) is 11.8 Å². The largest absolute Gasteiger partial charge is 0.324 e. The summed E-state index contributed by atoms with van der Waals surface area (Å²) in [7, 11) is 0. The van der Waals surface area contributed by atoms with Crippen LogP contribution in [0.15, 0.2) is 47.5 Å². The number of carbonyl (C=O) groups excluding carboxylic acids is 2. The van der Waals surface area contributed by atoms with E-state index in [1.54, 1.807) is 23.1 Å². The van der Waals surface area contributed by atoms with Gasteiger partial charge in [-0.15, -0.1) is 0 Å². The van der Waals surface area contributed by atoms with Gasteiger partial charge in [-0.1, -0.05) is 29.8 Å². The van der Waals surface area contributed by atoms with Crippen molar-refractivity contribution >= 4 is 46.2 Å². The predicted molar refractivity (Wildman–Crippen MR) is 108 cm³/mol. The number of hydrogen-bond donors (Lipinski definition) is 1. The predicted octanol–water partition coefficient (Wildman–Crippen LogP) is 4.51. The van der Waals surface area contributed by atoms with Crippen molar-refractivity contribution in [3.05, 3.63) is 53.1 Å². The van der Waals surface area contributed by atoms with Crippen LogP contribution in [0, 0.1) is 12.8 Å². The molecule has 0 aromatic heterocycles. The van der Waals surface area contributed by atoms with Gasteiger partial charge in [-0.3, -0.25) is 14.6 Å². The maximum atomic E-state index is 13.1. The van der Waals surface area contributed by atoms with Gasteiger partial charge in [0.15, 0.2) is 0 Å². The summed E-state index contributed by atoms with van der Waals surface area (Å²) in [6.07, 6.45) is 2.59. The highest BCUT2D eigenvalue weighted by Gasteiger charge is 2.37. The summed E-state index contributed by atoms with van der Waals surface area (Å²) in [4.78, 5) is 32.2. The maximum absolute atomic E-state index is 13.1. The minimum Gasteiger partial charge on any atom is -0.324 e. The normalized spacial score (nSPS) is 18.4. The number of amides is 2. The average Bonchev–Trinajstić information content (AvgIpc) is 3.08. The molecule has 2 aromatic carbocycles. The third-order valence-electron chi connectivity index (χ3n) is 5.17. The fraction of sp³-hybridized carbons (Fsp3) is 0.286. The Morgan fingerprint density at radius 1 is 1.26 bits per heavy atom. The highest BCUT2D eigenvalue weighted by Crippen LogP contribution is 2.37. The number of fused-ring (bicyclic) bond motifs is 2. The van der Waals surface area contributed by atoms with Crippen molar-refractivity contribution in [1.29, 1.82) is 0 Å². The SMILES string of the molecule is Cc1c(Cl)cccc1NC(=O)CN1C(=O)[C@H]2CCCC2=Nc2ccccc21. The Hall–Kier alpha value is -2.66. The van der Waals surface area contributed by atoms with Gasteiger partial charge in [0.05, 0.1) is 17.3 Å². The zero-order valence-corrected chi connectivity index (χ0v) is 15.8. The molecule has 1 heterocycles. The second kappa shape index (κ2) is 7.16. The summed E-state index contributed by atoms with van der Waals surface area (Å²) >= 11 is 6.13. The number of carbonyl (C=O) groups is 2. The molecule has 1 saturated carbocycles. The van der Waals surface area contributed by atoms with Gasteiger partial charge in [-0.05, 0) is 56.0 Å². The fourth-order valence-electron chi connectivity index (χ4n) is 3.72. The standard InChI is InChI=1S/C21H20ClN3O2/c1-13-15(22)7-5-9-16(13)24-20(26)12-25-19-11-3-2-8-18(19)23-17-10-4-6-14(17)21(25)27/h2-3,5,7-9,11,14H,4,6,10,12H2,1H3,(H,24,26)/t14-/m0/s1. The number of halogens is 1. The van der Waals surface area contributed by atoms with Gasteiger partial charge in [0.1, 0.15) is 6.54 Å². The number of benzene rings is 2. The van der Waals surface area contributed by atoms with Crippen molar-refractivity contribution in [1.82, 2.24) is 0 Å². The van der Waals surface area contributed by atoms with Crippen molar-refractivity contribution in [3.63, 3.8) is 0 Å². The van der Waals surface area contributed by atoms with E-state index in [4.69, 9.17) is 16.6 Å². The number of hydrogen-bond acceptors (Lipinski definition) is 3. The quantitative estimate of drug-likeness (QED) is 0.850. The molecule has 2 aromatic rings. The maximum Gasteiger partial charge on any atom is 0.244 e. The van der Waals surface area contributed by atoms with E-state index >= 15 is 0 Å². The molecule has 1 fully saturated rings. The van der Waals surface area contributed by atoms with E-state index < -0.39 is 0 Å². The lowest BCUT2D eigenvalue weighted by Crippen LogP contribution is -2.41. The highest BCUT2D eigenvalue weighted by molar-refractivity contribution is 6.31. The summed E-state index contributed by atoms with van der Waals surface area (Å²) < 4.78 is 0. The summed E-state index contributed by atoms with van der Waals surface area (Å²) in [5, 5.41) is 3.47. The van der Waals surface area contributed by atoms with Crippen LogP contribution in [0.2, 0.25) is 5.02 Å². The zero-order chi connectivity index (χ0) is 19.0. The van der Waals surface area contributed by atoms with E-state index in [2.05, 4.69) is 5.32 Å². The minimum atomic E-state index is -0.259. The van der Waals surface area contributed by atoms with Gasteiger partial charge < -0.3 is 10.2 Å². The van der Waals surface area contributed by atoms with E-state index in [0.717, 1.165) is 36.2 Å². The first-order valence-corrected chi connectivity index (χ1v) is 9.45. The number of rotatable bonds is 3. The van der Waals surface area contributed by atoms with E-state index in [0.29, 0.717) is 16.4 Å². The van der Waals surface area contributed by atoms with Gasteiger partial charge in [0.25, 0.3) is 0 Å². The molecule has 6 heteroatoms. The lowest BCUT2D eigenvalue weighted by molar-refractivity contribution is -0.122. The third-order valence-corrected chi connectivity index (χ3v) is 5.58. The Labute approximate surface area is 163 Å². The van der Waals surface area contributed by atoms with Gasteiger partial charge >= 0.3 is 0 Å². The van der Waals surface area contributed by atoms with Crippen molar-refractivity contribution in [2.24, 2.45) is 10.9 Å². The molecule has 2 amide bonds. The first kappa shape index (κ1) is 17.7.